The van der Waals surface area contributed by atoms with Gasteiger partial charge in [-0.3, -0.25) is 9.35 Å². The van der Waals surface area contributed by atoms with Crippen molar-refractivity contribution >= 4 is 55.1 Å². The van der Waals surface area contributed by atoms with E-state index < -0.39 is 43.6 Å². The van der Waals surface area contributed by atoms with Crippen LogP contribution in [0.4, 0.5) is 15.8 Å². The first-order valence-corrected chi connectivity index (χ1v) is 13.6. The van der Waals surface area contributed by atoms with Crippen LogP contribution in [0, 0.1) is 5.82 Å². The van der Waals surface area contributed by atoms with Crippen molar-refractivity contribution in [2.45, 2.75) is 12.5 Å². The van der Waals surface area contributed by atoms with Gasteiger partial charge in [0.1, 0.15) is 5.69 Å². The molecule has 1 aliphatic heterocycles. The van der Waals surface area contributed by atoms with Crippen molar-refractivity contribution in [2.24, 2.45) is 0 Å². The highest BCUT2D eigenvalue weighted by Gasteiger charge is 2.64. The molecule has 0 fully saturated rings. The minimum Gasteiger partial charge on any atom is -0.353 e. The van der Waals surface area contributed by atoms with E-state index in [9.17, 15) is 22.6 Å². The minimum absolute atomic E-state index is 0.0319. The molecule has 11 heteroatoms. The predicted octanol–water partition coefficient (Wildman–Crippen LogP) is 4.52. The number of quaternary nitrogens is 1. The van der Waals surface area contributed by atoms with E-state index in [0.717, 1.165) is 27.9 Å². The van der Waals surface area contributed by atoms with E-state index in [1.807, 2.05) is 24.3 Å². The standard InChI is InChI=1S/C28H21FN4O5S/c1-28(32-26(34)22-14-18-17-8-2-5-11-21(17)31-23(18)15-30-22)19-9-3-6-12-24(19)33(27(28)35,16-39(36,37)38)25-13-7-4-10-20(25)29/h2-15H,16H2,1H3,(H2-,30,31,32,34,36,37,38)/p+1/t28?,33-/m0/s1. The van der Waals surface area contributed by atoms with Crippen LogP contribution in [0.2, 0.25) is 0 Å². The van der Waals surface area contributed by atoms with Crippen molar-refractivity contribution in [2.75, 3.05) is 5.88 Å². The zero-order valence-corrected chi connectivity index (χ0v) is 21.4. The molecule has 2 atom stereocenters. The summed E-state index contributed by atoms with van der Waals surface area (Å²) in [6, 6.07) is 20.7. The number of pyridine rings is 1. The first-order chi connectivity index (χ1) is 18.5. The fraction of sp³-hybridized carbons (Fsp3) is 0.107. The number of halogens is 1. The Kier molecular flexibility index (Phi) is 5.44. The van der Waals surface area contributed by atoms with Crippen molar-refractivity contribution in [3.8, 4) is 0 Å². The van der Waals surface area contributed by atoms with Gasteiger partial charge in [0.2, 0.25) is 5.88 Å². The Labute approximate surface area is 222 Å². The normalized spacial score (nSPS) is 20.8. The largest absolute Gasteiger partial charge is 0.354 e. The second kappa shape index (κ2) is 8.53. The maximum absolute atomic E-state index is 15.2. The predicted molar refractivity (Wildman–Crippen MR) is 144 cm³/mol. The first kappa shape index (κ1) is 24.9. The Balaban J connectivity index is 1.50. The van der Waals surface area contributed by atoms with E-state index in [0.29, 0.717) is 0 Å². The molecule has 0 saturated heterocycles. The van der Waals surface area contributed by atoms with Gasteiger partial charge in [0.15, 0.2) is 22.7 Å². The third-order valence-corrected chi connectivity index (χ3v) is 7.95. The molecule has 3 heterocycles. The maximum Gasteiger partial charge on any atom is 0.354 e. The molecule has 1 aliphatic rings. The number of nitrogens with zero attached hydrogens (tertiary/aromatic N) is 2. The number of rotatable bonds is 5. The van der Waals surface area contributed by atoms with Crippen molar-refractivity contribution in [1.29, 1.82) is 0 Å². The molecule has 0 aliphatic carbocycles. The number of aromatic nitrogens is 2. The molecule has 6 rings (SSSR count). The Morgan fingerprint density at radius 1 is 1.00 bits per heavy atom. The monoisotopic (exact) mass is 545 g/mol. The number of nitrogens with one attached hydrogen (secondary N) is 2. The van der Waals surface area contributed by atoms with Crippen molar-refractivity contribution < 1.29 is 27.0 Å². The number of fused-ring (bicyclic) bond motifs is 4. The molecular formula is C28H22FN4O5S+. The number of carbonyl (C=O) groups excluding carboxylic acids is 2. The average molecular weight is 546 g/mol. The summed E-state index contributed by atoms with van der Waals surface area (Å²) in [5, 5.41) is 4.39. The number of amides is 2. The van der Waals surface area contributed by atoms with Crippen LogP contribution in [0.5, 0.6) is 0 Å². The fourth-order valence-electron chi connectivity index (χ4n) is 5.56. The molecular weight excluding hydrogens is 523 g/mol. The van der Waals surface area contributed by atoms with Crippen LogP contribution in [0.25, 0.3) is 21.8 Å². The summed E-state index contributed by atoms with van der Waals surface area (Å²) in [4.78, 5) is 35.4. The van der Waals surface area contributed by atoms with Gasteiger partial charge in [-0.1, -0.05) is 42.5 Å². The SMILES string of the molecule is CC1(NC(=O)c2cc3c(cn2)[nH]c2ccccc23)C(=O)[N@+](CS(=O)(=O)O)(c2ccccc2F)c2ccccc21. The lowest BCUT2D eigenvalue weighted by Gasteiger charge is -2.32. The van der Waals surface area contributed by atoms with Gasteiger partial charge in [-0.2, -0.15) is 12.9 Å². The number of hydrogen-bond donors (Lipinski definition) is 3. The third-order valence-electron chi connectivity index (χ3n) is 7.24. The lowest BCUT2D eigenvalue weighted by molar-refractivity contribution is -0.131. The second-order valence-electron chi connectivity index (χ2n) is 9.66. The Morgan fingerprint density at radius 2 is 1.67 bits per heavy atom. The molecule has 0 saturated carbocycles. The summed E-state index contributed by atoms with van der Waals surface area (Å²) in [5.41, 5.74) is -0.0531. The van der Waals surface area contributed by atoms with Crippen LogP contribution in [-0.2, 0) is 20.5 Å². The van der Waals surface area contributed by atoms with Crippen molar-refractivity contribution in [3.63, 3.8) is 0 Å². The molecule has 9 nitrogen and oxygen atoms in total. The molecule has 0 spiro atoms. The Morgan fingerprint density at radius 3 is 2.41 bits per heavy atom. The summed E-state index contributed by atoms with van der Waals surface area (Å²) in [6.07, 6.45) is 1.52. The fourth-order valence-corrected chi connectivity index (χ4v) is 6.45. The number of H-pyrrole nitrogens is 1. The van der Waals surface area contributed by atoms with E-state index in [1.165, 1.54) is 37.4 Å². The molecule has 3 aromatic carbocycles. The van der Waals surface area contributed by atoms with Gasteiger partial charge >= 0.3 is 16.0 Å². The zero-order chi connectivity index (χ0) is 27.6. The van der Waals surface area contributed by atoms with Crippen molar-refractivity contribution in [3.05, 3.63) is 102 Å². The van der Waals surface area contributed by atoms with Gasteiger partial charge in [-0.15, -0.1) is 0 Å². The van der Waals surface area contributed by atoms with Crippen LogP contribution in [-0.4, -0.2) is 40.6 Å². The van der Waals surface area contributed by atoms with Gasteiger partial charge in [0.05, 0.1) is 17.3 Å². The van der Waals surface area contributed by atoms with Gasteiger partial charge in [-0.25, -0.2) is 14.2 Å². The smallest absolute Gasteiger partial charge is 0.353 e. The van der Waals surface area contributed by atoms with E-state index in [2.05, 4.69) is 15.3 Å². The summed E-state index contributed by atoms with van der Waals surface area (Å²) in [5.74, 6) is -3.54. The van der Waals surface area contributed by atoms with E-state index >= 15 is 4.39 Å². The van der Waals surface area contributed by atoms with Gasteiger partial charge in [0, 0.05) is 28.4 Å². The highest BCUT2D eigenvalue weighted by Crippen LogP contribution is 2.51. The number of para-hydroxylation sites is 3. The highest BCUT2D eigenvalue weighted by molar-refractivity contribution is 7.85. The number of hydrogen-bond acceptors (Lipinski definition) is 5. The van der Waals surface area contributed by atoms with Gasteiger partial charge in [0.25, 0.3) is 5.91 Å². The van der Waals surface area contributed by atoms with Crippen LogP contribution < -0.4 is 9.80 Å². The molecule has 2 aromatic heterocycles. The van der Waals surface area contributed by atoms with Crippen LogP contribution in [0.1, 0.15) is 23.0 Å². The average Bonchev–Trinajstić information content (AvgIpc) is 3.36. The van der Waals surface area contributed by atoms with Crippen LogP contribution >= 0.6 is 0 Å². The van der Waals surface area contributed by atoms with Crippen LogP contribution in [0.3, 0.4) is 0 Å². The maximum atomic E-state index is 15.2. The Bertz CT molecular complexity index is 1940. The molecule has 5 aromatic rings. The molecule has 0 radical (unpaired) electrons. The van der Waals surface area contributed by atoms with E-state index in [4.69, 9.17) is 0 Å². The quantitative estimate of drug-likeness (QED) is 0.220. The minimum atomic E-state index is -4.82. The number of carbonyl (C=O) groups is 2. The van der Waals surface area contributed by atoms with Gasteiger partial charge in [-0.05, 0) is 31.2 Å². The highest BCUT2D eigenvalue weighted by atomic mass is 32.2. The molecule has 2 amide bonds. The molecule has 196 valence electrons. The molecule has 0 bridgehead atoms. The molecule has 39 heavy (non-hydrogen) atoms. The first-order valence-electron chi connectivity index (χ1n) is 12.0. The lowest BCUT2D eigenvalue weighted by atomic mass is 9.93. The summed E-state index contributed by atoms with van der Waals surface area (Å²) >= 11 is 0. The third kappa shape index (κ3) is 3.74. The van der Waals surface area contributed by atoms with Gasteiger partial charge < -0.3 is 10.3 Å². The summed E-state index contributed by atoms with van der Waals surface area (Å²) in [6.45, 7) is 1.43. The Hall–Kier alpha value is -4.45. The zero-order valence-electron chi connectivity index (χ0n) is 20.6. The van der Waals surface area contributed by atoms with E-state index in [1.54, 1.807) is 24.3 Å². The van der Waals surface area contributed by atoms with Crippen LogP contribution in [0.15, 0.2) is 85.1 Å². The number of benzene rings is 3. The summed E-state index contributed by atoms with van der Waals surface area (Å²) in [7, 11) is -4.82. The van der Waals surface area contributed by atoms with Crippen molar-refractivity contribution in [1.82, 2.24) is 19.8 Å². The van der Waals surface area contributed by atoms with E-state index in [-0.39, 0.29) is 22.6 Å². The lowest BCUT2D eigenvalue weighted by Crippen LogP contribution is -2.59. The second-order valence-corrected chi connectivity index (χ2v) is 11.1. The molecule has 1 unspecified atom stereocenters. The topological polar surface area (TPSA) is 129 Å². The number of aromatic amines is 1. The molecule has 3 N–H and O–H groups in total. The summed E-state index contributed by atoms with van der Waals surface area (Å²) < 4.78 is 48.5.